The van der Waals surface area contributed by atoms with Crippen LogP contribution >= 0.6 is 0 Å². The maximum atomic E-state index is 10.5. The summed E-state index contributed by atoms with van der Waals surface area (Å²) in [6, 6.07) is 16.1. The van der Waals surface area contributed by atoms with E-state index in [4.69, 9.17) is 19.4 Å². The first kappa shape index (κ1) is 26.3. The number of para-hydroxylation sites is 2. The lowest BCUT2D eigenvalue weighted by Crippen LogP contribution is -2.77. The second-order valence-corrected chi connectivity index (χ2v) is 5.45. The fraction of sp³-hybridized carbons (Fsp3) is 0.381. The zero-order chi connectivity index (χ0) is 22.3. The van der Waals surface area contributed by atoms with Crippen LogP contribution in [0.3, 0.4) is 0 Å². The molecule has 8 heteroatoms. The Morgan fingerprint density at radius 3 is 2.03 bits per heavy atom. The summed E-state index contributed by atoms with van der Waals surface area (Å²) in [6.45, 7) is 10.3. The molecule has 0 atom stereocenters. The Bertz CT molecular complexity index is 704. The Labute approximate surface area is 169 Å². The van der Waals surface area contributed by atoms with E-state index < -0.39 is 12.1 Å². The summed E-state index contributed by atoms with van der Waals surface area (Å²) < 4.78 is 43.0. The molecule has 0 aliphatic heterocycles. The number of benzene rings is 2. The number of halogens is 3. The van der Waals surface area contributed by atoms with Crippen molar-refractivity contribution in [3.8, 4) is 11.5 Å². The van der Waals surface area contributed by atoms with E-state index in [2.05, 4.69) is 25.2 Å². The zero-order valence-corrected chi connectivity index (χ0v) is 17.1. The largest absolute Gasteiger partial charge is 0.542 e. The molecule has 0 heterocycles. The number of nitrogens with two attached hydrogens (primary N) is 1. The minimum Gasteiger partial charge on any atom is -0.542 e. The number of quaternary nitrogens is 1. The molecule has 0 aliphatic rings. The van der Waals surface area contributed by atoms with E-state index in [9.17, 15) is 13.2 Å². The molecule has 0 unspecified atom stereocenters. The minimum absolute atomic E-state index is 0.544. The quantitative estimate of drug-likeness (QED) is 0.557. The Hall–Kier alpha value is -2.74. The Kier molecular flexibility index (Phi) is 12.9. The fourth-order valence-electron chi connectivity index (χ4n) is 1.95. The molecule has 0 spiro atoms. The number of hydrogen-bond donors (Lipinski definition) is 1. The van der Waals surface area contributed by atoms with Crippen molar-refractivity contribution in [1.82, 2.24) is 0 Å². The van der Waals surface area contributed by atoms with Crippen molar-refractivity contribution in [3.05, 3.63) is 54.1 Å². The van der Waals surface area contributed by atoms with Gasteiger partial charge in [-0.1, -0.05) is 43.7 Å². The third kappa shape index (κ3) is 11.6. The van der Waals surface area contributed by atoms with Gasteiger partial charge in [0.1, 0.15) is 24.9 Å². The molecule has 0 amide bonds. The number of alkyl halides is 3. The van der Waals surface area contributed by atoms with Gasteiger partial charge >= 0.3 is 6.18 Å². The number of ether oxygens (including phenoxy) is 2. The van der Waals surface area contributed by atoms with E-state index in [1.807, 2.05) is 56.3 Å². The molecule has 0 fully saturated rings. The number of carboxylic acid groups (broad SMARTS) is 1. The predicted molar refractivity (Wildman–Crippen MR) is 103 cm³/mol. The molecule has 0 radical (unpaired) electrons. The van der Waals surface area contributed by atoms with Gasteiger partial charge in [0.15, 0.2) is 11.4 Å². The molecule has 2 rings (SSSR count). The average molecular weight is 415 g/mol. The third-order valence-corrected chi connectivity index (χ3v) is 3.21. The van der Waals surface area contributed by atoms with Crippen LogP contribution in [0, 0.1) is 6.92 Å². The maximum absolute atomic E-state index is 10.5. The molecule has 2 N–H and O–H groups in total. The van der Waals surface area contributed by atoms with E-state index in [1.54, 1.807) is 0 Å². The summed E-state index contributed by atoms with van der Waals surface area (Å²) in [5.74, 6) is -1.21. The Morgan fingerprint density at radius 2 is 1.52 bits per heavy atom. The zero-order valence-electron chi connectivity index (χ0n) is 17.1. The highest BCUT2D eigenvalue weighted by Crippen LogP contribution is 2.19. The molecule has 0 aromatic heterocycles. The van der Waals surface area contributed by atoms with Crippen LogP contribution in [-0.4, -0.2) is 31.9 Å². The van der Waals surface area contributed by atoms with Crippen LogP contribution in [0.1, 0.15) is 26.3 Å². The van der Waals surface area contributed by atoms with Crippen LogP contribution in [0.5, 0.6) is 11.5 Å². The first-order chi connectivity index (χ1) is 13.7. The van der Waals surface area contributed by atoms with Crippen molar-refractivity contribution in [2.24, 2.45) is 0 Å². The molecule has 0 bridgehead atoms. The highest BCUT2D eigenvalue weighted by atomic mass is 19.4. The lowest BCUT2D eigenvalue weighted by molar-refractivity contribution is -0.568. The lowest BCUT2D eigenvalue weighted by Gasteiger charge is -2.10. The fourth-order valence-corrected chi connectivity index (χ4v) is 1.95. The van der Waals surface area contributed by atoms with Gasteiger partial charge in [0.05, 0.1) is 6.54 Å². The van der Waals surface area contributed by atoms with Gasteiger partial charge in [-0.25, -0.2) is 0 Å². The van der Waals surface area contributed by atoms with Crippen LogP contribution in [0.2, 0.25) is 0 Å². The highest BCUT2D eigenvalue weighted by Gasteiger charge is 2.28. The summed E-state index contributed by atoms with van der Waals surface area (Å²) >= 11 is 0. The second-order valence-electron chi connectivity index (χ2n) is 5.45. The van der Waals surface area contributed by atoms with Crippen molar-refractivity contribution in [1.29, 1.82) is 0 Å². The van der Waals surface area contributed by atoms with Crippen LogP contribution in [0.4, 0.5) is 18.9 Å². The van der Waals surface area contributed by atoms with Crippen LogP contribution < -0.4 is 19.9 Å². The van der Waals surface area contributed by atoms with E-state index >= 15 is 0 Å². The van der Waals surface area contributed by atoms with Gasteiger partial charge in [-0.05, 0) is 32.0 Å². The highest BCUT2D eigenvalue weighted by molar-refractivity contribution is 5.70. The van der Waals surface area contributed by atoms with Crippen molar-refractivity contribution < 1.29 is 37.9 Å². The molecular weight excluding hydrogens is 387 g/mol. The summed E-state index contributed by atoms with van der Waals surface area (Å²) in [5, 5.41) is 10.9. The van der Waals surface area contributed by atoms with Gasteiger partial charge in [0.25, 0.3) is 0 Å². The third-order valence-electron chi connectivity index (χ3n) is 3.21. The van der Waals surface area contributed by atoms with Crippen molar-refractivity contribution in [3.63, 3.8) is 0 Å². The molecule has 2 aromatic rings. The summed E-state index contributed by atoms with van der Waals surface area (Å²) in [6.07, 6.45) is -5.19. The van der Waals surface area contributed by atoms with Gasteiger partial charge in [-0.2, -0.15) is 13.2 Å². The standard InChI is InChI=1S/C17H21NO2.C2HF3O2.C2H6/c1-3-18-16-6-4-5-7-17(16)20-13-12-19-15-10-8-14(2)9-11-15;3-2(4,5)1(6)7;1-2/h4-11,18H,3,12-13H2,1-2H3;(H,6,7);1-2H3. The van der Waals surface area contributed by atoms with E-state index in [1.165, 1.54) is 5.56 Å². The SMILES string of the molecule is CC.CC[NH2+]c1ccccc1OCCOc1ccc(C)cc1.O=C([O-])C(F)(F)F. The Morgan fingerprint density at radius 1 is 1.00 bits per heavy atom. The molecule has 0 aliphatic carbocycles. The first-order valence-corrected chi connectivity index (χ1v) is 9.26. The molecule has 0 saturated heterocycles. The van der Waals surface area contributed by atoms with Gasteiger partial charge < -0.3 is 24.7 Å². The topological polar surface area (TPSA) is 75.2 Å². The van der Waals surface area contributed by atoms with Gasteiger partial charge in [0, 0.05) is 6.07 Å². The summed E-state index contributed by atoms with van der Waals surface area (Å²) in [5.41, 5.74) is 2.38. The molecule has 2 aromatic carbocycles. The van der Waals surface area contributed by atoms with Crippen LogP contribution in [0.25, 0.3) is 0 Å². The van der Waals surface area contributed by atoms with Crippen LogP contribution in [0.15, 0.2) is 48.5 Å². The van der Waals surface area contributed by atoms with Crippen molar-refractivity contribution >= 4 is 11.7 Å². The number of hydrogen-bond acceptors (Lipinski definition) is 4. The molecule has 0 saturated carbocycles. The Balaban J connectivity index is 0.000000740. The molecular formula is C21H28F3NO4. The number of carbonyl (C=O) groups is 1. The number of aliphatic carboxylic acids is 1. The minimum atomic E-state index is -5.19. The van der Waals surface area contributed by atoms with Crippen molar-refractivity contribution in [2.45, 2.75) is 33.9 Å². The molecule has 162 valence electrons. The predicted octanol–water partition coefficient (Wildman–Crippen LogP) is 2.99. The second kappa shape index (κ2) is 14.3. The average Bonchev–Trinajstić information content (AvgIpc) is 2.69. The first-order valence-electron chi connectivity index (χ1n) is 9.26. The number of rotatable bonds is 7. The normalized spacial score (nSPS) is 10.0. The number of aryl methyl sites for hydroxylation is 1. The van der Waals surface area contributed by atoms with Crippen molar-refractivity contribution in [2.75, 3.05) is 19.8 Å². The number of carboxylic acids is 1. The number of carbonyl (C=O) groups excluding carboxylic acids is 1. The summed E-state index contributed by atoms with van der Waals surface area (Å²) in [4.78, 5) is 8.78. The monoisotopic (exact) mass is 415 g/mol. The van der Waals surface area contributed by atoms with E-state index in [-0.39, 0.29) is 0 Å². The van der Waals surface area contributed by atoms with Gasteiger partial charge in [-0.3, -0.25) is 0 Å². The summed E-state index contributed by atoms with van der Waals surface area (Å²) in [7, 11) is 0. The van der Waals surface area contributed by atoms with E-state index in [0.29, 0.717) is 13.2 Å². The molecule has 29 heavy (non-hydrogen) atoms. The maximum Gasteiger partial charge on any atom is 0.430 e. The van der Waals surface area contributed by atoms with E-state index in [0.717, 1.165) is 23.7 Å². The van der Waals surface area contributed by atoms with Gasteiger partial charge in [0.2, 0.25) is 0 Å². The lowest BCUT2D eigenvalue weighted by atomic mass is 10.2. The van der Waals surface area contributed by atoms with Crippen LogP contribution in [-0.2, 0) is 4.79 Å². The molecule has 5 nitrogen and oxygen atoms in total. The van der Waals surface area contributed by atoms with Gasteiger partial charge in [-0.15, -0.1) is 0 Å². The smallest absolute Gasteiger partial charge is 0.430 e.